The van der Waals surface area contributed by atoms with Crippen LogP contribution in [0.2, 0.25) is 0 Å². The summed E-state index contributed by atoms with van der Waals surface area (Å²) in [6.07, 6.45) is 4.49. The van der Waals surface area contributed by atoms with Crippen LogP contribution in [0.1, 0.15) is 43.2 Å². The van der Waals surface area contributed by atoms with Gasteiger partial charge in [-0.1, -0.05) is 77.7 Å². The van der Waals surface area contributed by atoms with E-state index < -0.39 is 16.9 Å². The molecule has 1 unspecified atom stereocenters. The molecule has 1 atom stereocenters. The van der Waals surface area contributed by atoms with Crippen molar-refractivity contribution < 1.29 is 9.90 Å². The third kappa shape index (κ3) is 3.38. The van der Waals surface area contributed by atoms with Crippen molar-refractivity contribution in [2.45, 2.75) is 49.5 Å². The Bertz CT molecular complexity index is 741. The van der Waals surface area contributed by atoms with E-state index in [-0.39, 0.29) is 0 Å². The van der Waals surface area contributed by atoms with Crippen molar-refractivity contribution in [3.05, 3.63) is 70.2 Å². The largest absolute Gasteiger partial charge is 0.388 e. The molecule has 2 aromatic carbocycles. The standard InChI is InChI=1S/C21H24BrNO2/c22-18-11-7-10-17(14-18)21(19(23)24,15-16-8-3-1-4-9-16)20(25)12-5-2-6-13-20/h1,3-4,7-11,14,25H,2,5-6,12-13,15H2,(H2,23,24). The molecule has 0 aromatic heterocycles. The molecule has 1 fully saturated rings. The molecule has 0 saturated heterocycles. The van der Waals surface area contributed by atoms with E-state index in [4.69, 9.17) is 5.73 Å². The summed E-state index contributed by atoms with van der Waals surface area (Å²) >= 11 is 3.50. The Morgan fingerprint density at radius 2 is 1.76 bits per heavy atom. The smallest absolute Gasteiger partial charge is 0.231 e. The summed E-state index contributed by atoms with van der Waals surface area (Å²) in [4.78, 5) is 12.9. The van der Waals surface area contributed by atoms with Crippen molar-refractivity contribution >= 4 is 21.8 Å². The summed E-state index contributed by atoms with van der Waals surface area (Å²) in [5.41, 5.74) is 5.51. The molecule has 0 aliphatic heterocycles. The fourth-order valence-corrected chi connectivity index (χ4v) is 4.61. The van der Waals surface area contributed by atoms with Crippen molar-refractivity contribution in [3.63, 3.8) is 0 Å². The van der Waals surface area contributed by atoms with E-state index in [0.29, 0.717) is 19.3 Å². The molecule has 1 amide bonds. The summed E-state index contributed by atoms with van der Waals surface area (Å²) in [6.45, 7) is 0. The van der Waals surface area contributed by atoms with Crippen molar-refractivity contribution in [1.29, 1.82) is 0 Å². The number of primary amides is 1. The van der Waals surface area contributed by atoms with E-state index in [9.17, 15) is 9.90 Å². The SMILES string of the molecule is NC(=O)C(Cc1ccccc1)(c1cccc(Br)c1)C1(O)CCCCC1. The van der Waals surface area contributed by atoms with Crippen molar-refractivity contribution in [1.82, 2.24) is 0 Å². The number of nitrogens with two attached hydrogens (primary N) is 1. The first kappa shape index (κ1) is 18.2. The maximum absolute atomic E-state index is 12.9. The van der Waals surface area contributed by atoms with Gasteiger partial charge in [-0.25, -0.2) is 0 Å². The van der Waals surface area contributed by atoms with E-state index in [1.807, 2.05) is 54.6 Å². The summed E-state index contributed by atoms with van der Waals surface area (Å²) < 4.78 is 0.878. The molecule has 1 aliphatic carbocycles. The molecule has 0 radical (unpaired) electrons. The zero-order chi connectivity index (χ0) is 17.9. The number of carbonyl (C=O) groups excluding carboxylic acids is 1. The lowest BCUT2D eigenvalue weighted by atomic mass is 9.59. The molecule has 3 N–H and O–H groups in total. The van der Waals surface area contributed by atoms with Gasteiger partial charge in [0.15, 0.2) is 0 Å². The first-order valence-electron chi connectivity index (χ1n) is 8.80. The van der Waals surface area contributed by atoms with E-state index in [2.05, 4.69) is 15.9 Å². The fourth-order valence-electron chi connectivity index (χ4n) is 4.21. The fraction of sp³-hybridized carbons (Fsp3) is 0.381. The van der Waals surface area contributed by atoms with Gasteiger partial charge in [0, 0.05) is 4.47 Å². The molecule has 3 rings (SSSR count). The molecule has 4 heteroatoms. The van der Waals surface area contributed by atoms with Crippen LogP contribution in [0.3, 0.4) is 0 Å². The highest BCUT2D eigenvalue weighted by atomic mass is 79.9. The summed E-state index contributed by atoms with van der Waals surface area (Å²) in [5, 5.41) is 11.6. The van der Waals surface area contributed by atoms with E-state index in [0.717, 1.165) is 34.9 Å². The highest BCUT2D eigenvalue weighted by Gasteiger charge is 2.55. The minimum Gasteiger partial charge on any atom is -0.388 e. The number of hydrogen-bond donors (Lipinski definition) is 2. The third-order valence-electron chi connectivity index (χ3n) is 5.53. The number of amides is 1. The Labute approximate surface area is 157 Å². The van der Waals surface area contributed by atoms with Crippen LogP contribution in [0.25, 0.3) is 0 Å². The molecular formula is C21H24BrNO2. The maximum atomic E-state index is 12.9. The Hall–Kier alpha value is -1.65. The molecule has 0 bridgehead atoms. The second kappa shape index (κ2) is 7.30. The normalized spacial score (nSPS) is 19.1. The van der Waals surface area contributed by atoms with Crippen LogP contribution in [-0.4, -0.2) is 16.6 Å². The molecule has 2 aromatic rings. The van der Waals surface area contributed by atoms with Crippen LogP contribution in [0.4, 0.5) is 0 Å². The Morgan fingerprint density at radius 3 is 2.36 bits per heavy atom. The topological polar surface area (TPSA) is 63.3 Å². The second-order valence-electron chi connectivity index (χ2n) is 7.03. The lowest BCUT2D eigenvalue weighted by molar-refractivity contribution is -0.140. The molecular weight excluding hydrogens is 378 g/mol. The predicted octanol–water partition coefficient (Wildman–Crippen LogP) is 4.11. The van der Waals surface area contributed by atoms with Crippen LogP contribution in [0.15, 0.2) is 59.1 Å². The highest BCUT2D eigenvalue weighted by Crippen LogP contribution is 2.47. The number of hydrogen-bond acceptors (Lipinski definition) is 2. The lowest BCUT2D eigenvalue weighted by Gasteiger charge is -2.48. The van der Waals surface area contributed by atoms with Gasteiger partial charge in [-0.15, -0.1) is 0 Å². The quantitative estimate of drug-likeness (QED) is 0.791. The molecule has 3 nitrogen and oxygen atoms in total. The van der Waals surface area contributed by atoms with Crippen LogP contribution >= 0.6 is 15.9 Å². The van der Waals surface area contributed by atoms with Gasteiger partial charge < -0.3 is 10.8 Å². The van der Waals surface area contributed by atoms with Gasteiger partial charge in [-0.05, 0) is 42.5 Å². The van der Waals surface area contributed by atoms with Crippen LogP contribution in [-0.2, 0) is 16.6 Å². The van der Waals surface area contributed by atoms with Gasteiger partial charge in [0.25, 0.3) is 0 Å². The summed E-state index contributed by atoms with van der Waals surface area (Å²) in [7, 11) is 0. The second-order valence-corrected chi connectivity index (χ2v) is 7.95. The Morgan fingerprint density at radius 1 is 1.08 bits per heavy atom. The minimum atomic E-state index is -1.14. The van der Waals surface area contributed by atoms with E-state index in [1.54, 1.807) is 0 Å². The van der Waals surface area contributed by atoms with Gasteiger partial charge in [0.05, 0.1) is 5.60 Å². The van der Waals surface area contributed by atoms with Gasteiger partial charge in [0.2, 0.25) is 5.91 Å². The van der Waals surface area contributed by atoms with Gasteiger partial charge >= 0.3 is 0 Å². The lowest BCUT2D eigenvalue weighted by Crippen LogP contribution is -2.61. The summed E-state index contributed by atoms with van der Waals surface area (Å²) in [5.74, 6) is -0.459. The zero-order valence-corrected chi connectivity index (χ0v) is 15.8. The number of benzene rings is 2. The Kier molecular flexibility index (Phi) is 5.30. The van der Waals surface area contributed by atoms with Crippen LogP contribution < -0.4 is 5.73 Å². The number of halogens is 1. The maximum Gasteiger partial charge on any atom is 0.231 e. The highest BCUT2D eigenvalue weighted by molar-refractivity contribution is 9.10. The molecule has 1 aliphatic rings. The van der Waals surface area contributed by atoms with Crippen molar-refractivity contribution in [2.75, 3.05) is 0 Å². The number of rotatable bonds is 5. The minimum absolute atomic E-state index is 0.399. The monoisotopic (exact) mass is 401 g/mol. The first-order chi connectivity index (χ1) is 12.0. The predicted molar refractivity (Wildman–Crippen MR) is 103 cm³/mol. The summed E-state index contributed by atoms with van der Waals surface area (Å²) in [6, 6.07) is 17.5. The van der Waals surface area contributed by atoms with E-state index >= 15 is 0 Å². The molecule has 0 heterocycles. The average molecular weight is 402 g/mol. The molecule has 0 spiro atoms. The van der Waals surface area contributed by atoms with Gasteiger partial charge in [0.1, 0.15) is 5.41 Å². The van der Waals surface area contributed by atoms with Crippen molar-refractivity contribution in [3.8, 4) is 0 Å². The molecule has 132 valence electrons. The van der Waals surface area contributed by atoms with E-state index in [1.165, 1.54) is 0 Å². The van der Waals surface area contributed by atoms with Crippen molar-refractivity contribution in [2.24, 2.45) is 5.73 Å². The molecule has 25 heavy (non-hydrogen) atoms. The molecule has 1 saturated carbocycles. The van der Waals surface area contributed by atoms with Gasteiger partial charge in [-0.3, -0.25) is 4.79 Å². The van der Waals surface area contributed by atoms with Crippen LogP contribution in [0.5, 0.6) is 0 Å². The Balaban J connectivity index is 2.19. The first-order valence-corrected chi connectivity index (χ1v) is 9.59. The van der Waals surface area contributed by atoms with Gasteiger partial charge in [-0.2, -0.15) is 0 Å². The average Bonchev–Trinajstić information content (AvgIpc) is 2.60. The number of aliphatic hydroxyl groups is 1. The number of carbonyl (C=O) groups is 1. The zero-order valence-electron chi connectivity index (χ0n) is 14.2. The third-order valence-corrected chi connectivity index (χ3v) is 6.02. The van der Waals surface area contributed by atoms with Crippen LogP contribution in [0, 0.1) is 0 Å².